The lowest BCUT2D eigenvalue weighted by Gasteiger charge is -2.11. The van der Waals surface area contributed by atoms with Gasteiger partial charge < -0.3 is 20.7 Å². The van der Waals surface area contributed by atoms with Crippen LogP contribution in [0, 0.1) is 17.5 Å². The van der Waals surface area contributed by atoms with Crippen molar-refractivity contribution in [1.29, 1.82) is 0 Å². The average Bonchev–Trinajstić information content (AvgIpc) is 2.48. The van der Waals surface area contributed by atoms with Gasteiger partial charge in [-0.05, 0) is 24.3 Å². The molecule has 110 valence electrons. The van der Waals surface area contributed by atoms with E-state index in [4.69, 9.17) is 15.6 Å². The molecule has 5 nitrogen and oxygen atoms in total. The molecule has 0 aliphatic rings. The second kappa shape index (κ2) is 5.23. The van der Waals surface area contributed by atoms with Gasteiger partial charge in [-0.15, -0.1) is 0 Å². The van der Waals surface area contributed by atoms with Crippen LogP contribution >= 0.6 is 0 Å². The first-order valence-electron chi connectivity index (χ1n) is 5.49. The molecule has 0 aliphatic carbocycles. The van der Waals surface area contributed by atoms with Crippen LogP contribution in [-0.2, 0) is 0 Å². The van der Waals surface area contributed by atoms with E-state index in [1.165, 1.54) is 0 Å². The summed E-state index contributed by atoms with van der Waals surface area (Å²) in [6, 6.07) is 4.49. The number of aromatic carboxylic acids is 1. The van der Waals surface area contributed by atoms with Crippen LogP contribution < -0.4 is 10.5 Å². The fourth-order valence-electron chi connectivity index (χ4n) is 1.52. The summed E-state index contributed by atoms with van der Waals surface area (Å²) in [7, 11) is 0. The zero-order valence-corrected chi connectivity index (χ0v) is 10.2. The lowest BCUT2D eigenvalue weighted by Crippen LogP contribution is -2.02. The third-order valence-corrected chi connectivity index (χ3v) is 2.61. The summed E-state index contributed by atoms with van der Waals surface area (Å²) >= 11 is 0. The molecule has 0 saturated heterocycles. The van der Waals surface area contributed by atoms with E-state index in [0.717, 1.165) is 24.3 Å². The van der Waals surface area contributed by atoms with Crippen LogP contribution in [0.25, 0.3) is 0 Å². The summed E-state index contributed by atoms with van der Waals surface area (Å²) in [5.41, 5.74) is 3.83. The first-order valence-corrected chi connectivity index (χ1v) is 5.49. The average molecular weight is 299 g/mol. The number of phenols is 1. The van der Waals surface area contributed by atoms with E-state index in [0.29, 0.717) is 0 Å². The van der Waals surface area contributed by atoms with E-state index in [9.17, 15) is 23.1 Å². The fourth-order valence-corrected chi connectivity index (χ4v) is 1.52. The van der Waals surface area contributed by atoms with E-state index in [1.807, 2.05) is 0 Å². The van der Waals surface area contributed by atoms with Crippen LogP contribution in [0.3, 0.4) is 0 Å². The van der Waals surface area contributed by atoms with Crippen LogP contribution in [0.5, 0.6) is 17.2 Å². The lowest BCUT2D eigenvalue weighted by molar-refractivity contribution is 0.0697. The minimum absolute atomic E-state index is 0.0744. The first-order chi connectivity index (χ1) is 9.82. The monoisotopic (exact) mass is 299 g/mol. The highest BCUT2D eigenvalue weighted by Gasteiger charge is 2.25. The highest BCUT2D eigenvalue weighted by Crippen LogP contribution is 2.38. The Balaban J connectivity index is 2.42. The third kappa shape index (κ3) is 2.55. The van der Waals surface area contributed by atoms with Crippen molar-refractivity contribution in [3.05, 3.63) is 47.3 Å². The number of nitrogens with two attached hydrogens (primary N) is 1. The maximum absolute atomic E-state index is 13.6. The van der Waals surface area contributed by atoms with E-state index in [-0.39, 0.29) is 11.3 Å². The number of ether oxygens (including phenoxy) is 1. The maximum atomic E-state index is 13.6. The van der Waals surface area contributed by atoms with Crippen molar-refractivity contribution in [2.45, 2.75) is 0 Å². The number of rotatable bonds is 3. The molecule has 2 aromatic rings. The van der Waals surface area contributed by atoms with E-state index < -0.39 is 40.6 Å². The molecule has 8 heteroatoms. The van der Waals surface area contributed by atoms with Crippen LogP contribution in [0.15, 0.2) is 24.3 Å². The minimum Gasteiger partial charge on any atom is -0.503 e. The summed E-state index contributed by atoms with van der Waals surface area (Å²) in [6.45, 7) is 0. The third-order valence-electron chi connectivity index (χ3n) is 2.61. The van der Waals surface area contributed by atoms with Crippen molar-refractivity contribution in [3.8, 4) is 17.2 Å². The smallest absolute Gasteiger partial charge is 0.335 e. The molecule has 0 aromatic heterocycles. The van der Waals surface area contributed by atoms with Crippen molar-refractivity contribution < 1.29 is 32.9 Å². The standard InChI is InChI=1S/C13H8F3NO4/c14-7-8(15)12(9(16)11(18)10(7)17)21-6-3-1-5(2-4-6)13(19)20/h1-4,18H,17H2,(H,19,20). The van der Waals surface area contributed by atoms with Crippen molar-refractivity contribution in [1.82, 2.24) is 0 Å². The number of carboxylic acids is 1. The number of carbonyl (C=O) groups is 1. The van der Waals surface area contributed by atoms with E-state index in [1.54, 1.807) is 0 Å². The number of hydrogen-bond acceptors (Lipinski definition) is 4. The van der Waals surface area contributed by atoms with Crippen molar-refractivity contribution in [3.63, 3.8) is 0 Å². The Hall–Kier alpha value is -2.90. The van der Waals surface area contributed by atoms with Gasteiger partial charge in [0.05, 0.1) is 5.56 Å². The predicted molar refractivity (Wildman–Crippen MR) is 65.9 cm³/mol. The Morgan fingerprint density at radius 1 is 1.05 bits per heavy atom. The van der Waals surface area contributed by atoms with E-state index in [2.05, 4.69) is 0 Å². The highest BCUT2D eigenvalue weighted by molar-refractivity contribution is 5.87. The molecular weight excluding hydrogens is 291 g/mol. The molecule has 0 bridgehead atoms. The minimum atomic E-state index is -1.70. The van der Waals surface area contributed by atoms with Gasteiger partial charge in [-0.2, -0.15) is 8.78 Å². The van der Waals surface area contributed by atoms with Gasteiger partial charge in [0.2, 0.25) is 17.4 Å². The number of phenolic OH excluding ortho intramolecular Hbond substituents is 1. The number of halogens is 3. The van der Waals surface area contributed by atoms with Gasteiger partial charge in [0.15, 0.2) is 11.6 Å². The van der Waals surface area contributed by atoms with Gasteiger partial charge in [0, 0.05) is 0 Å². The van der Waals surface area contributed by atoms with Crippen LogP contribution in [0.4, 0.5) is 18.9 Å². The van der Waals surface area contributed by atoms with Gasteiger partial charge in [0.1, 0.15) is 11.4 Å². The maximum Gasteiger partial charge on any atom is 0.335 e. The molecule has 0 fully saturated rings. The molecular formula is C13H8F3NO4. The van der Waals surface area contributed by atoms with Gasteiger partial charge in [0.25, 0.3) is 0 Å². The van der Waals surface area contributed by atoms with Gasteiger partial charge in [-0.1, -0.05) is 0 Å². The lowest BCUT2D eigenvalue weighted by atomic mass is 10.2. The number of nitrogen functional groups attached to an aromatic ring is 1. The highest BCUT2D eigenvalue weighted by atomic mass is 19.2. The molecule has 0 radical (unpaired) electrons. The quantitative estimate of drug-likeness (QED) is 0.460. The molecule has 0 aliphatic heterocycles. The molecule has 0 saturated carbocycles. The zero-order chi connectivity index (χ0) is 15.7. The zero-order valence-electron chi connectivity index (χ0n) is 10.2. The van der Waals surface area contributed by atoms with E-state index >= 15 is 0 Å². The first kappa shape index (κ1) is 14.5. The number of carboxylic acid groups (broad SMARTS) is 1. The molecule has 2 aromatic carbocycles. The van der Waals surface area contributed by atoms with Gasteiger partial charge in [-0.25, -0.2) is 9.18 Å². The Kier molecular flexibility index (Phi) is 3.62. The summed E-state index contributed by atoms with van der Waals surface area (Å²) < 4.78 is 45.3. The summed E-state index contributed by atoms with van der Waals surface area (Å²) in [6.07, 6.45) is 0. The molecule has 0 atom stereocenters. The van der Waals surface area contributed by atoms with Crippen molar-refractivity contribution >= 4 is 11.7 Å². The van der Waals surface area contributed by atoms with Crippen LogP contribution in [0.1, 0.15) is 10.4 Å². The summed E-state index contributed by atoms with van der Waals surface area (Å²) in [5.74, 6) is -8.71. The number of aromatic hydroxyl groups is 1. The SMILES string of the molecule is Nc1c(O)c(F)c(Oc2ccc(C(=O)O)cc2)c(F)c1F. The number of benzene rings is 2. The molecule has 21 heavy (non-hydrogen) atoms. The number of hydrogen-bond donors (Lipinski definition) is 3. The molecule has 0 heterocycles. The van der Waals surface area contributed by atoms with Crippen LogP contribution in [-0.4, -0.2) is 16.2 Å². The second-order valence-electron chi connectivity index (χ2n) is 3.96. The Bertz CT molecular complexity index is 687. The largest absolute Gasteiger partial charge is 0.503 e. The molecule has 0 amide bonds. The molecule has 4 N–H and O–H groups in total. The predicted octanol–water partition coefficient (Wildman–Crippen LogP) is 2.88. The van der Waals surface area contributed by atoms with Crippen molar-refractivity contribution in [2.75, 3.05) is 5.73 Å². The Morgan fingerprint density at radius 3 is 2.14 bits per heavy atom. The molecule has 0 unspecified atom stereocenters. The molecule has 0 spiro atoms. The topological polar surface area (TPSA) is 92.8 Å². The summed E-state index contributed by atoms with van der Waals surface area (Å²) in [5, 5.41) is 17.9. The summed E-state index contributed by atoms with van der Waals surface area (Å²) in [4.78, 5) is 10.6. The van der Waals surface area contributed by atoms with Crippen molar-refractivity contribution in [2.24, 2.45) is 0 Å². The number of anilines is 1. The normalized spacial score (nSPS) is 10.4. The Morgan fingerprint density at radius 2 is 1.62 bits per heavy atom. The van der Waals surface area contributed by atoms with Gasteiger partial charge in [-0.3, -0.25) is 0 Å². The fraction of sp³-hybridized carbons (Fsp3) is 0. The molecule has 2 rings (SSSR count). The van der Waals surface area contributed by atoms with Crippen LogP contribution in [0.2, 0.25) is 0 Å². The second-order valence-corrected chi connectivity index (χ2v) is 3.96. The van der Waals surface area contributed by atoms with Gasteiger partial charge >= 0.3 is 5.97 Å². The Labute approximate surface area is 116 Å².